The lowest BCUT2D eigenvalue weighted by Gasteiger charge is -2.35. The van der Waals surface area contributed by atoms with Gasteiger partial charge in [-0.2, -0.15) is 0 Å². The van der Waals surface area contributed by atoms with Gasteiger partial charge in [-0.15, -0.1) is 0 Å². The van der Waals surface area contributed by atoms with Gasteiger partial charge in [-0.3, -0.25) is 14.4 Å². The van der Waals surface area contributed by atoms with Crippen molar-refractivity contribution < 1.29 is 17.6 Å². The Morgan fingerprint density at radius 2 is 1.58 bits per heavy atom. The second kappa shape index (κ2) is 9.91. The summed E-state index contributed by atoms with van der Waals surface area (Å²) in [5, 5.41) is 0.400. The van der Waals surface area contributed by atoms with E-state index in [4.69, 9.17) is 11.6 Å². The van der Waals surface area contributed by atoms with Crippen LogP contribution < -0.4 is 4.72 Å². The number of piperazine rings is 1. The molecule has 0 saturated carbocycles. The van der Waals surface area contributed by atoms with Crippen molar-refractivity contribution in [3.05, 3.63) is 94.8 Å². The summed E-state index contributed by atoms with van der Waals surface area (Å²) in [5.74, 6) is -0.458. The molecule has 0 aliphatic carbocycles. The molecule has 0 radical (unpaired) electrons. The van der Waals surface area contributed by atoms with E-state index in [1.807, 2.05) is 0 Å². The molecule has 1 aliphatic rings. The standard InChI is InChI=1S/C24H23ClFN3O3S/c25-22-7-4-8-23(26)21(22)17-28-13-15-29(16-14-28)24(30)18-9-11-19(12-10-18)27-33(31,32)20-5-2-1-3-6-20/h1-12,27H,13-17H2. The quantitative estimate of drug-likeness (QED) is 0.564. The Balaban J connectivity index is 1.34. The molecule has 0 aromatic heterocycles. The van der Waals surface area contributed by atoms with Crippen LogP contribution in [0.25, 0.3) is 0 Å². The van der Waals surface area contributed by atoms with Crippen LogP contribution in [0, 0.1) is 5.82 Å². The number of anilines is 1. The normalized spacial score (nSPS) is 14.8. The molecule has 0 spiro atoms. The van der Waals surface area contributed by atoms with E-state index in [-0.39, 0.29) is 16.6 Å². The highest BCUT2D eigenvalue weighted by molar-refractivity contribution is 7.92. The summed E-state index contributed by atoms with van der Waals surface area (Å²) in [4.78, 5) is 16.8. The van der Waals surface area contributed by atoms with Crippen LogP contribution >= 0.6 is 11.6 Å². The molecule has 0 unspecified atom stereocenters. The number of nitrogens with one attached hydrogen (secondary N) is 1. The number of hydrogen-bond acceptors (Lipinski definition) is 4. The minimum Gasteiger partial charge on any atom is -0.336 e. The van der Waals surface area contributed by atoms with Gasteiger partial charge in [0.2, 0.25) is 0 Å². The van der Waals surface area contributed by atoms with Crippen LogP contribution in [0.15, 0.2) is 77.7 Å². The molecule has 9 heteroatoms. The second-order valence-corrected chi connectivity index (χ2v) is 9.85. The van der Waals surface area contributed by atoms with Crippen LogP contribution in [0.3, 0.4) is 0 Å². The molecule has 1 amide bonds. The first kappa shape index (κ1) is 23.2. The molecule has 0 atom stereocenters. The van der Waals surface area contributed by atoms with E-state index >= 15 is 0 Å². The fourth-order valence-electron chi connectivity index (χ4n) is 3.69. The molecular weight excluding hydrogens is 465 g/mol. The smallest absolute Gasteiger partial charge is 0.261 e. The summed E-state index contributed by atoms with van der Waals surface area (Å²) >= 11 is 6.12. The highest BCUT2D eigenvalue weighted by Gasteiger charge is 2.23. The SMILES string of the molecule is O=C(c1ccc(NS(=O)(=O)c2ccccc2)cc1)N1CCN(Cc2c(F)cccc2Cl)CC1. The van der Waals surface area contributed by atoms with Crippen LogP contribution in [0.4, 0.5) is 10.1 Å². The maximum absolute atomic E-state index is 14.0. The van der Waals surface area contributed by atoms with Gasteiger partial charge in [-0.05, 0) is 48.5 Å². The molecule has 1 N–H and O–H groups in total. The number of amides is 1. The van der Waals surface area contributed by atoms with Crippen LogP contribution in [-0.4, -0.2) is 50.3 Å². The van der Waals surface area contributed by atoms with E-state index in [1.54, 1.807) is 59.5 Å². The predicted molar refractivity (Wildman–Crippen MR) is 126 cm³/mol. The van der Waals surface area contributed by atoms with E-state index < -0.39 is 10.0 Å². The van der Waals surface area contributed by atoms with Crippen molar-refractivity contribution in [1.29, 1.82) is 0 Å². The maximum Gasteiger partial charge on any atom is 0.261 e. The monoisotopic (exact) mass is 487 g/mol. The van der Waals surface area contributed by atoms with Crippen molar-refractivity contribution in [3.63, 3.8) is 0 Å². The van der Waals surface area contributed by atoms with Gasteiger partial charge in [0.1, 0.15) is 5.82 Å². The van der Waals surface area contributed by atoms with Crippen molar-refractivity contribution in [3.8, 4) is 0 Å². The van der Waals surface area contributed by atoms with Crippen molar-refractivity contribution in [2.24, 2.45) is 0 Å². The van der Waals surface area contributed by atoms with E-state index in [0.29, 0.717) is 54.6 Å². The lowest BCUT2D eigenvalue weighted by Crippen LogP contribution is -2.48. The van der Waals surface area contributed by atoms with Gasteiger partial charge in [-0.25, -0.2) is 12.8 Å². The van der Waals surface area contributed by atoms with Crippen molar-refractivity contribution in [2.75, 3.05) is 30.9 Å². The third kappa shape index (κ3) is 5.52. The molecule has 1 aliphatic heterocycles. The molecule has 6 nitrogen and oxygen atoms in total. The number of carbonyl (C=O) groups excluding carboxylic acids is 1. The van der Waals surface area contributed by atoms with Crippen LogP contribution in [0.1, 0.15) is 15.9 Å². The van der Waals surface area contributed by atoms with E-state index in [1.165, 1.54) is 18.2 Å². The Labute approximate surface area is 197 Å². The first-order valence-electron chi connectivity index (χ1n) is 10.5. The van der Waals surface area contributed by atoms with Gasteiger partial charge in [0, 0.05) is 54.6 Å². The lowest BCUT2D eigenvalue weighted by atomic mass is 10.1. The fourth-order valence-corrected chi connectivity index (χ4v) is 5.00. The molecule has 0 bridgehead atoms. The van der Waals surface area contributed by atoms with Gasteiger partial charge in [0.15, 0.2) is 0 Å². The minimum absolute atomic E-state index is 0.129. The van der Waals surface area contributed by atoms with Gasteiger partial charge < -0.3 is 4.90 Å². The maximum atomic E-state index is 14.0. The summed E-state index contributed by atoms with van der Waals surface area (Å²) in [5.41, 5.74) is 1.32. The molecule has 172 valence electrons. The molecule has 3 aromatic rings. The van der Waals surface area contributed by atoms with E-state index in [9.17, 15) is 17.6 Å². The molecule has 1 saturated heterocycles. The third-order valence-electron chi connectivity index (χ3n) is 5.54. The highest BCUT2D eigenvalue weighted by atomic mass is 35.5. The van der Waals surface area contributed by atoms with Gasteiger partial charge in [-0.1, -0.05) is 35.9 Å². The molecule has 3 aromatic carbocycles. The largest absolute Gasteiger partial charge is 0.336 e. The van der Waals surface area contributed by atoms with Gasteiger partial charge in [0.25, 0.3) is 15.9 Å². The number of nitrogens with zero attached hydrogens (tertiary/aromatic N) is 2. The second-order valence-electron chi connectivity index (χ2n) is 7.76. The first-order valence-corrected chi connectivity index (χ1v) is 12.3. The first-order chi connectivity index (χ1) is 15.8. The Bertz CT molecular complexity index is 1210. The number of benzene rings is 3. The van der Waals surface area contributed by atoms with Crippen LogP contribution in [0.5, 0.6) is 0 Å². The van der Waals surface area contributed by atoms with E-state index in [2.05, 4.69) is 9.62 Å². The highest BCUT2D eigenvalue weighted by Crippen LogP contribution is 2.22. The summed E-state index contributed by atoms with van der Waals surface area (Å²) < 4.78 is 41.5. The zero-order chi connectivity index (χ0) is 23.4. The molecule has 1 fully saturated rings. The number of rotatable bonds is 6. The van der Waals surface area contributed by atoms with Crippen molar-refractivity contribution >= 4 is 33.2 Å². The predicted octanol–water partition coefficient (Wildman–Crippen LogP) is 4.24. The Hall–Kier alpha value is -2.94. The van der Waals surface area contributed by atoms with Crippen LogP contribution in [-0.2, 0) is 16.6 Å². The third-order valence-corrected chi connectivity index (χ3v) is 7.29. The van der Waals surface area contributed by atoms with Crippen LogP contribution in [0.2, 0.25) is 5.02 Å². The van der Waals surface area contributed by atoms with Gasteiger partial charge >= 0.3 is 0 Å². The number of carbonyl (C=O) groups is 1. The number of hydrogen-bond donors (Lipinski definition) is 1. The Morgan fingerprint density at radius 3 is 2.21 bits per heavy atom. The molecule has 33 heavy (non-hydrogen) atoms. The van der Waals surface area contributed by atoms with E-state index in [0.717, 1.165) is 0 Å². The zero-order valence-corrected chi connectivity index (χ0v) is 19.3. The minimum atomic E-state index is -3.69. The molecule has 4 rings (SSSR count). The summed E-state index contributed by atoms with van der Waals surface area (Å²) in [7, 11) is -3.69. The van der Waals surface area contributed by atoms with Gasteiger partial charge in [0.05, 0.1) is 4.90 Å². The van der Waals surface area contributed by atoms with Crippen molar-refractivity contribution in [2.45, 2.75) is 11.4 Å². The topological polar surface area (TPSA) is 69.7 Å². The fraction of sp³-hybridized carbons (Fsp3) is 0.208. The average molecular weight is 488 g/mol. The lowest BCUT2D eigenvalue weighted by molar-refractivity contribution is 0.0627. The molecular formula is C24H23ClFN3O3S. The number of halogens is 2. The average Bonchev–Trinajstić information content (AvgIpc) is 2.82. The molecule has 1 heterocycles. The van der Waals surface area contributed by atoms with Crippen molar-refractivity contribution in [1.82, 2.24) is 9.80 Å². The zero-order valence-electron chi connectivity index (χ0n) is 17.7. The summed E-state index contributed by atoms with van der Waals surface area (Å²) in [6.45, 7) is 2.61. The summed E-state index contributed by atoms with van der Waals surface area (Å²) in [6, 6.07) is 19.1. The number of sulfonamides is 1. The summed E-state index contributed by atoms with van der Waals surface area (Å²) in [6.07, 6.45) is 0. The Morgan fingerprint density at radius 1 is 0.909 bits per heavy atom. The Kier molecular flexibility index (Phi) is 6.97.